The molecule has 1 aromatic carbocycles. The molecule has 0 saturated heterocycles. The highest BCUT2D eigenvalue weighted by molar-refractivity contribution is 5.79. The predicted octanol–water partition coefficient (Wildman–Crippen LogP) is 1.96. The maximum absolute atomic E-state index is 12.2. The van der Waals surface area contributed by atoms with Crippen LogP contribution in [0, 0.1) is 12.8 Å². The number of amides is 1. The summed E-state index contributed by atoms with van der Waals surface area (Å²) in [6.07, 6.45) is 2.94. The average molecular weight is 276 g/mol. The Kier molecular flexibility index (Phi) is 5.01. The lowest BCUT2D eigenvalue weighted by Gasteiger charge is -2.23. The number of hydrogen-bond acceptors (Lipinski definition) is 3. The van der Waals surface area contributed by atoms with Crippen molar-refractivity contribution in [2.24, 2.45) is 11.7 Å². The Morgan fingerprint density at radius 2 is 2.25 bits per heavy atom. The van der Waals surface area contributed by atoms with E-state index in [-0.39, 0.29) is 17.9 Å². The second-order valence-corrected chi connectivity index (χ2v) is 5.63. The summed E-state index contributed by atoms with van der Waals surface area (Å²) in [5, 5.41) is 0. The SMILES string of the molecule is Cc1cccc(OCCN(C)C(=O)[C@@H]2CCC[C@@H]2N)c1. The van der Waals surface area contributed by atoms with E-state index in [1.165, 1.54) is 5.56 Å². The van der Waals surface area contributed by atoms with Gasteiger partial charge in [-0.05, 0) is 37.5 Å². The standard InChI is InChI=1S/C16H24N2O2/c1-12-5-3-6-13(11-12)20-10-9-18(2)16(19)14-7-4-8-15(14)17/h3,5-6,11,14-15H,4,7-10,17H2,1-2H3/t14-,15+/m1/s1. The molecule has 4 heteroatoms. The molecule has 1 aliphatic carbocycles. The fourth-order valence-corrected chi connectivity index (χ4v) is 2.69. The zero-order chi connectivity index (χ0) is 14.5. The molecule has 4 nitrogen and oxygen atoms in total. The van der Waals surface area contributed by atoms with Crippen LogP contribution in [0.3, 0.4) is 0 Å². The van der Waals surface area contributed by atoms with Crippen LogP contribution < -0.4 is 10.5 Å². The Bertz CT molecular complexity index is 462. The van der Waals surface area contributed by atoms with E-state index in [1.807, 2.05) is 38.2 Å². The van der Waals surface area contributed by atoms with Gasteiger partial charge in [0, 0.05) is 13.1 Å². The van der Waals surface area contributed by atoms with Crippen LogP contribution in [0.1, 0.15) is 24.8 Å². The maximum Gasteiger partial charge on any atom is 0.227 e. The molecule has 0 spiro atoms. The van der Waals surface area contributed by atoms with Crippen LogP contribution >= 0.6 is 0 Å². The van der Waals surface area contributed by atoms with E-state index < -0.39 is 0 Å². The number of benzene rings is 1. The van der Waals surface area contributed by atoms with Gasteiger partial charge in [-0.3, -0.25) is 4.79 Å². The van der Waals surface area contributed by atoms with E-state index >= 15 is 0 Å². The summed E-state index contributed by atoms with van der Waals surface area (Å²) in [6, 6.07) is 7.96. The number of aryl methyl sites for hydroxylation is 1. The van der Waals surface area contributed by atoms with Crippen molar-refractivity contribution in [1.29, 1.82) is 0 Å². The lowest BCUT2D eigenvalue weighted by Crippen LogP contribution is -2.41. The van der Waals surface area contributed by atoms with Gasteiger partial charge in [-0.2, -0.15) is 0 Å². The first-order valence-corrected chi connectivity index (χ1v) is 7.28. The third kappa shape index (κ3) is 3.73. The predicted molar refractivity (Wildman–Crippen MR) is 79.6 cm³/mol. The maximum atomic E-state index is 12.2. The van der Waals surface area contributed by atoms with Crippen LogP contribution in [0.5, 0.6) is 5.75 Å². The average Bonchev–Trinajstić information content (AvgIpc) is 2.84. The molecule has 110 valence electrons. The molecule has 20 heavy (non-hydrogen) atoms. The molecule has 0 heterocycles. The van der Waals surface area contributed by atoms with Gasteiger partial charge in [-0.25, -0.2) is 0 Å². The van der Waals surface area contributed by atoms with Gasteiger partial charge in [0.2, 0.25) is 5.91 Å². The van der Waals surface area contributed by atoms with Crippen LogP contribution in [-0.2, 0) is 4.79 Å². The van der Waals surface area contributed by atoms with Crippen LogP contribution in [-0.4, -0.2) is 37.0 Å². The topological polar surface area (TPSA) is 55.6 Å². The first kappa shape index (κ1) is 14.9. The molecule has 0 aromatic heterocycles. The highest BCUT2D eigenvalue weighted by atomic mass is 16.5. The van der Waals surface area contributed by atoms with Gasteiger partial charge in [0.1, 0.15) is 12.4 Å². The van der Waals surface area contributed by atoms with E-state index in [0.717, 1.165) is 25.0 Å². The lowest BCUT2D eigenvalue weighted by atomic mass is 10.0. The van der Waals surface area contributed by atoms with Gasteiger partial charge in [0.05, 0.1) is 12.5 Å². The molecule has 1 aromatic rings. The number of carbonyl (C=O) groups is 1. The molecule has 1 amide bonds. The number of hydrogen-bond donors (Lipinski definition) is 1. The quantitative estimate of drug-likeness (QED) is 0.894. The van der Waals surface area contributed by atoms with Crippen molar-refractivity contribution in [1.82, 2.24) is 4.90 Å². The van der Waals surface area contributed by atoms with Gasteiger partial charge in [0.25, 0.3) is 0 Å². The summed E-state index contributed by atoms with van der Waals surface area (Å²) in [5.74, 6) is 1.00. The lowest BCUT2D eigenvalue weighted by molar-refractivity contribution is -0.134. The van der Waals surface area contributed by atoms with Gasteiger partial charge in [-0.15, -0.1) is 0 Å². The third-order valence-electron chi connectivity index (χ3n) is 3.95. The number of likely N-dealkylation sites (N-methyl/N-ethyl adjacent to an activating group) is 1. The highest BCUT2D eigenvalue weighted by Crippen LogP contribution is 2.25. The van der Waals surface area contributed by atoms with Crippen LogP contribution in [0.15, 0.2) is 24.3 Å². The first-order chi connectivity index (χ1) is 9.58. The summed E-state index contributed by atoms with van der Waals surface area (Å²) < 4.78 is 5.67. The Morgan fingerprint density at radius 1 is 1.45 bits per heavy atom. The van der Waals surface area contributed by atoms with Crippen molar-refractivity contribution in [2.45, 2.75) is 32.2 Å². The number of ether oxygens (including phenoxy) is 1. The minimum Gasteiger partial charge on any atom is -0.492 e. The molecule has 0 unspecified atom stereocenters. The van der Waals surface area contributed by atoms with Crippen molar-refractivity contribution in [3.63, 3.8) is 0 Å². The first-order valence-electron chi connectivity index (χ1n) is 7.28. The smallest absolute Gasteiger partial charge is 0.227 e. The highest BCUT2D eigenvalue weighted by Gasteiger charge is 2.31. The number of rotatable bonds is 5. The van der Waals surface area contributed by atoms with Gasteiger partial charge >= 0.3 is 0 Å². The van der Waals surface area contributed by atoms with Gasteiger partial charge in [-0.1, -0.05) is 18.6 Å². The zero-order valence-corrected chi connectivity index (χ0v) is 12.3. The normalized spacial score (nSPS) is 21.8. The molecule has 1 saturated carbocycles. The molecule has 0 radical (unpaired) electrons. The fourth-order valence-electron chi connectivity index (χ4n) is 2.69. The number of nitrogens with zero attached hydrogens (tertiary/aromatic N) is 1. The molecular formula is C16H24N2O2. The van der Waals surface area contributed by atoms with Crippen molar-refractivity contribution < 1.29 is 9.53 Å². The van der Waals surface area contributed by atoms with Gasteiger partial charge in [0.15, 0.2) is 0 Å². The van der Waals surface area contributed by atoms with Crippen LogP contribution in [0.4, 0.5) is 0 Å². The van der Waals surface area contributed by atoms with Gasteiger partial charge < -0.3 is 15.4 Å². The van der Waals surface area contributed by atoms with Crippen molar-refractivity contribution in [3.8, 4) is 5.75 Å². The van der Waals surface area contributed by atoms with Crippen molar-refractivity contribution in [3.05, 3.63) is 29.8 Å². The number of nitrogens with two attached hydrogens (primary N) is 1. The second-order valence-electron chi connectivity index (χ2n) is 5.63. The Balaban J connectivity index is 1.77. The molecule has 2 N–H and O–H groups in total. The zero-order valence-electron chi connectivity index (χ0n) is 12.3. The number of carbonyl (C=O) groups excluding carboxylic acids is 1. The third-order valence-corrected chi connectivity index (χ3v) is 3.95. The summed E-state index contributed by atoms with van der Waals surface area (Å²) in [4.78, 5) is 14.0. The minimum absolute atomic E-state index is 0.000954. The molecule has 1 fully saturated rings. The van der Waals surface area contributed by atoms with Crippen LogP contribution in [0.2, 0.25) is 0 Å². The molecule has 0 bridgehead atoms. The van der Waals surface area contributed by atoms with Crippen molar-refractivity contribution >= 4 is 5.91 Å². The monoisotopic (exact) mass is 276 g/mol. The summed E-state index contributed by atoms with van der Waals surface area (Å²) in [5.41, 5.74) is 7.15. The fraction of sp³-hybridized carbons (Fsp3) is 0.562. The van der Waals surface area contributed by atoms with E-state index in [0.29, 0.717) is 13.2 Å². The Morgan fingerprint density at radius 3 is 2.90 bits per heavy atom. The second kappa shape index (κ2) is 6.75. The molecule has 2 rings (SSSR count). The van der Waals surface area contributed by atoms with E-state index in [9.17, 15) is 4.79 Å². The van der Waals surface area contributed by atoms with Crippen LogP contribution in [0.25, 0.3) is 0 Å². The Labute approximate surface area is 120 Å². The molecule has 2 atom stereocenters. The summed E-state index contributed by atoms with van der Waals surface area (Å²) >= 11 is 0. The largest absolute Gasteiger partial charge is 0.492 e. The van der Waals surface area contributed by atoms with E-state index in [2.05, 4.69) is 0 Å². The molecule has 1 aliphatic rings. The summed E-state index contributed by atoms with van der Waals surface area (Å²) in [6.45, 7) is 3.13. The molecular weight excluding hydrogens is 252 g/mol. The van der Waals surface area contributed by atoms with E-state index in [4.69, 9.17) is 10.5 Å². The van der Waals surface area contributed by atoms with Crippen molar-refractivity contribution in [2.75, 3.05) is 20.2 Å². The summed E-state index contributed by atoms with van der Waals surface area (Å²) in [7, 11) is 1.83. The minimum atomic E-state index is -0.000954. The molecule has 0 aliphatic heterocycles. The van der Waals surface area contributed by atoms with E-state index in [1.54, 1.807) is 4.90 Å². The Hall–Kier alpha value is -1.55.